The van der Waals surface area contributed by atoms with Crippen LogP contribution in [0.1, 0.15) is 38.7 Å². The first-order valence-corrected chi connectivity index (χ1v) is 5.91. The van der Waals surface area contributed by atoms with E-state index in [-0.39, 0.29) is 11.6 Å². The fraction of sp³-hybridized carbons (Fsp3) is 0.538. The van der Waals surface area contributed by atoms with Crippen molar-refractivity contribution >= 4 is 11.4 Å². The highest BCUT2D eigenvalue weighted by Crippen LogP contribution is 2.32. The van der Waals surface area contributed by atoms with Crippen molar-refractivity contribution in [3.05, 3.63) is 23.8 Å². The SMILES string of the molecule is CCC(CC)N(C)c1ccc(N)cc1C(F)F. The van der Waals surface area contributed by atoms with Gasteiger partial charge in [-0.15, -0.1) is 0 Å². The van der Waals surface area contributed by atoms with Crippen LogP contribution in [0.2, 0.25) is 0 Å². The molecular formula is C13H20F2N2. The minimum Gasteiger partial charge on any atom is -0.399 e. The summed E-state index contributed by atoms with van der Waals surface area (Å²) in [5.41, 5.74) is 6.52. The molecule has 1 aromatic rings. The van der Waals surface area contributed by atoms with Crippen molar-refractivity contribution in [3.63, 3.8) is 0 Å². The Morgan fingerprint density at radius 1 is 1.24 bits per heavy atom. The largest absolute Gasteiger partial charge is 0.399 e. The van der Waals surface area contributed by atoms with Crippen molar-refractivity contribution in [1.82, 2.24) is 0 Å². The molecule has 0 saturated heterocycles. The second-order valence-electron chi connectivity index (χ2n) is 4.20. The number of nitrogen functional groups attached to an aromatic ring is 1. The predicted octanol–water partition coefficient (Wildman–Crippen LogP) is 3.83. The molecule has 0 aliphatic rings. The molecule has 4 heteroatoms. The van der Waals surface area contributed by atoms with Crippen molar-refractivity contribution in [1.29, 1.82) is 0 Å². The van der Waals surface area contributed by atoms with Crippen molar-refractivity contribution < 1.29 is 8.78 Å². The first kappa shape index (κ1) is 13.7. The lowest BCUT2D eigenvalue weighted by Crippen LogP contribution is -2.31. The fourth-order valence-corrected chi connectivity index (χ4v) is 2.10. The van der Waals surface area contributed by atoms with E-state index in [1.165, 1.54) is 6.07 Å². The van der Waals surface area contributed by atoms with Crippen molar-refractivity contribution in [2.24, 2.45) is 0 Å². The van der Waals surface area contributed by atoms with E-state index in [0.29, 0.717) is 11.4 Å². The molecule has 0 bridgehead atoms. The summed E-state index contributed by atoms with van der Waals surface area (Å²) >= 11 is 0. The number of rotatable bonds is 5. The van der Waals surface area contributed by atoms with E-state index in [4.69, 9.17) is 5.73 Å². The monoisotopic (exact) mass is 242 g/mol. The predicted molar refractivity (Wildman–Crippen MR) is 68.6 cm³/mol. The highest BCUT2D eigenvalue weighted by molar-refractivity contribution is 5.60. The summed E-state index contributed by atoms with van der Waals surface area (Å²) in [7, 11) is 1.86. The van der Waals surface area contributed by atoms with Crippen molar-refractivity contribution in [3.8, 4) is 0 Å². The molecule has 0 aliphatic heterocycles. The molecule has 0 radical (unpaired) electrons. The fourth-order valence-electron chi connectivity index (χ4n) is 2.10. The van der Waals surface area contributed by atoms with Gasteiger partial charge in [-0.05, 0) is 31.0 Å². The smallest absolute Gasteiger partial charge is 0.265 e. The van der Waals surface area contributed by atoms with Crippen molar-refractivity contribution in [2.45, 2.75) is 39.2 Å². The van der Waals surface area contributed by atoms with Gasteiger partial charge in [0.25, 0.3) is 6.43 Å². The molecule has 0 unspecified atom stereocenters. The molecule has 1 rings (SSSR count). The molecule has 96 valence electrons. The molecule has 0 atom stereocenters. The van der Waals surface area contributed by atoms with E-state index < -0.39 is 6.43 Å². The maximum absolute atomic E-state index is 13.0. The zero-order valence-electron chi connectivity index (χ0n) is 10.6. The summed E-state index contributed by atoms with van der Waals surface area (Å²) in [6.45, 7) is 4.12. The van der Waals surface area contributed by atoms with Gasteiger partial charge >= 0.3 is 0 Å². The Kier molecular flexibility index (Phi) is 4.73. The van der Waals surface area contributed by atoms with Gasteiger partial charge in [-0.3, -0.25) is 0 Å². The number of hydrogen-bond donors (Lipinski definition) is 1. The number of hydrogen-bond acceptors (Lipinski definition) is 2. The molecule has 0 amide bonds. The molecule has 2 nitrogen and oxygen atoms in total. The molecule has 0 fully saturated rings. The van der Waals surface area contributed by atoms with Crippen LogP contribution in [0.4, 0.5) is 20.2 Å². The van der Waals surface area contributed by atoms with Crippen LogP contribution < -0.4 is 10.6 Å². The van der Waals surface area contributed by atoms with Crippen LogP contribution in [0.25, 0.3) is 0 Å². The van der Waals surface area contributed by atoms with Gasteiger partial charge in [-0.2, -0.15) is 0 Å². The molecular weight excluding hydrogens is 222 g/mol. The third-order valence-corrected chi connectivity index (χ3v) is 3.16. The van der Waals surface area contributed by atoms with Gasteiger partial charge < -0.3 is 10.6 Å². The summed E-state index contributed by atoms with van der Waals surface area (Å²) in [6.07, 6.45) is -0.634. The average Bonchev–Trinajstić information content (AvgIpc) is 2.30. The lowest BCUT2D eigenvalue weighted by molar-refractivity contribution is 0.152. The number of halogens is 2. The van der Waals surface area contributed by atoms with Crippen LogP contribution in [0.3, 0.4) is 0 Å². The topological polar surface area (TPSA) is 29.3 Å². The summed E-state index contributed by atoms with van der Waals surface area (Å²) in [6, 6.07) is 4.98. The van der Waals surface area contributed by atoms with Gasteiger partial charge in [0.2, 0.25) is 0 Å². The van der Waals surface area contributed by atoms with Crippen LogP contribution in [0.15, 0.2) is 18.2 Å². The number of alkyl halides is 2. The maximum Gasteiger partial charge on any atom is 0.265 e. The van der Waals surface area contributed by atoms with E-state index in [2.05, 4.69) is 13.8 Å². The Balaban J connectivity index is 3.11. The number of nitrogens with zero attached hydrogens (tertiary/aromatic N) is 1. The van der Waals surface area contributed by atoms with Crippen LogP contribution in [0, 0.1) is 0 Å². The summed E-state index contributed by atoms with van der Waals surface area (Å²) < 4.78 is 25.9. The zero-order valence-corrected chi connectivity index (χ0v) is 10.6. The summed E-state index contributed by atoms with van der Waals surface area (Å²) in [4.78, 5) is 1.92. The highest BCUT2D eigenvalue weighted by atomic mass is 19.3. The maximum atomic E-state index is 13.0. The standard InChI is InChI=1S/C13H20F2N2/c1-4-10(5-2)17(3)12-7-6-9(16)8-11(12)13(14)15/h6-8,10,13H,4-5,16H2,1-3H3. The third-order valence-electron chi connectivity index (χ3n) is 3.16. The molecule has 0 spiro atoms. The van der Waals surface area contributed by atoms with Gasteiger partial charge in [0.15, 0.2) is 0 Å². The van der Waals surface area contributed by atoms with Gasteiger partial charge in [0.1, 0.15) is 0 Å². The Hall–Kier alpha value is -1.32. The molecule has 1 aromatic carbocycles. The van der Waals surface area contributed by atoms with Crippen LogP contribution in [-0.2, 0) is 0 Å². The lowest BCUT2D eigenvalue weighted by Gasteiger charge is -2.30. The molecule has 0 saturated carbocycles. The summed E-state index contributed by atoms with van der Waals surface area (Å²) in [5, 5.41) is 0. The Labute approximate surface area is 101 Å². The quantitative estimate of drug-likeness (QED) is 0.795. The van der Waals surface area contributed by atoms with E-state index >= 15 is 0 Å². The average molecular weight is 242 g/mol. The number of nitrogens with two attached hydrogens (primary N) is 1. The Bertz CT molecular complexity index is 362. The molecule has 0 aromatic heterocycles. The van der Waals surface area contributed by atoms with Crippen molar-refractivity contribution in [2.75, 3.05) is 17.7 Å². The second-order valence-corrected chi connectivity index (χ2v) is 4.20. The third kappa shape index (κ3) is 3.08. The Morgan fingerprint density at radius 2 is 1.82 bits per heavy atom. The minimum atomic E-state index is -2.50. The normalized spacial score (nSPS) is 11.2. The first-order valence-electron chi connectivity index (χ1n) is 5.91. The van der Waals surface area contributed by atoms with Gasteiger partial charge in [-0.1, -0.05) is 13.8 Å². The molecule has 2 N–H and O–H groups in total. The second kappa shape index (κ2) is 5.84. The number of anilines is 2. The van der Waals surface area contributed by atoms with E-state index in [1.54, 1.807) is 12.1 Å². The van der Waals surface area contributed by atoms with Gasteiger partial charge in [0, 0.05) is 30.0 Å². The van der Waals surface area contributed by atoms with Gasteiger partial charge in [-0.25, -0.2) is 8.78 Å². The van der Waals surface area contributed by atoms with E-state index in [1.807, 2.05) is 11.9 Å². The molecule has 17 heavy (non-hydrogen) atoms. The Morgan fingerprint density at radius 3 is 2.29 bits per heavy atom. The highest BCUT2D eigenvalue weighted by Gasteiger charge is 2.19. The molecule has 0 aliphatic carbocycles. The zero-order chi connectivity index (χ0) is 13.0. The van der Waals surface area contributed by atoms with E-state index in [0.717, 1.165) is 12.8 Å². The minimum absolute atomic E-state index is 0.0133. The first-order chi connectivity index (χ1) is 8.01. The van der Waals surface area contributed by atoms with E-state index in [9.17, 15) is 8.78 Å². The van der Waals surface area contributed by atoms with Crippen LogP contribution in [-0.4, -0.2) is 13.1 Å². The van der Waals surface area contributed by atoms with Gasteiger partial charge in [0.05, 0.1) is 0 Å². The van der Waals surface area contributed by atoms with Crippen LogP contribution in [0.5, 0.6) is 0 Å². The number of benzene rings is 1. The van der Waals surface area contributed by atoms with Crippen LogP contribution >= 0.6 is 0 Å². The lowest BCUT2D eigenvalue weighted by atomic mass is 10.1. The molecule has 0 heterocycles. The summed E-state index contributed by atoms with van der Waals surface area (Å²) in [5.74, 6) is 0.